The summed E-state index contributed by atoms with van der Waals surface area (Å²) in [4.78, 5) is 13.7. The van der Waals surface area contributed by atoms with E-state index in [1.807, 2.05) is 6.92 Å². The Morgan fingerprint density at radius 1 is 1.80 bits per heavy atom. The standard InChI is InChI=1S/C11H20N2O2/c1-3-6-12-11(15)9(2)13-7-4-5-10(13)8-14/h3,9-10,14H,1,4-8H2,2H3,(H,12,15)/t9?,10-/m0/s1. The molecule has 1 rings (SSSR count). The van der Waals surface area contributed by atoms with Gasteiger partial charge in [-0.1, -0.05) is 6.08 Å². The third-order valence-corrected chi connectivity index (χ3v) is 2.93. The molecule has 1 saturated heterocycles. The molecule has 1 fully saturated rings. The predicted octanol–water partition coefficient (Wildman–Crippen LogP) is 0.134. The van der Waals surface area contributed by atoms with Gasteiger partial charge in [-0.05, 0) is 26.3 Å². The van der Waals surface area contributed by atoms with Crippen molar-refractivity contribution in [3.63, 3.8) is 0 Å². The molecule has 86 valence electrons. The number of carbonyl (C=O) groups is 1. The monoisotopic (exact) mass is 212 g/mol. The van der Waals surface area contributed by atoms with Gasteiger partial charge in [-0.3, -0.25) is 9.69 Å². The first-order chi connectivity index (χ1) is 7.20. The number of likely N-dealkylation sites (tertiary alicyclic amines) is 1. The van der Waals surface area contributed by atoms with Crippen LogP contribution in [0.2, 0.25) is 0 Å². The maximum Gasteiger partial charge on any atom is 0.237 e. The summed E-state index contributed by atoms with van der Waals surface area (Å²) < 4.78 is 0. The SMILES string of the molecule is C=CCNC(=O)C(C)N1CCC[C@H]1CO. The van der Waals surface area contributed by atoms with Crippen molar-refractivity contribution in [3.05, 3.63) is 12.7 Å². The minimum Gasteiger partial charge on any atom is -0.395 e. The van der Waals surface area contributed by atoms with Gasteiger partial charge in [0.05, 0.1) is 12.6 Å². The number of hydrogen-bond donors (Lipinski definition) is 2. The number of carbonyl (C=O) groups excluding carboxylic acids is 1. The van der Waals surface area contributed by atoms with Crippen LogP contribution in [-0.4, -0.2) is 47.7 Å². The molecule has 0 aromatic rings. The van der Waals surface area contributed by atoms with Crippen molar-refractivity contribution < 1.29 is 9.90 Å². The zero-order valence-corrected chi connectivity index (χ0v) is 9.28. The highest BCUT2D eigenvalue weighted by atomic mass is 16.3. The maximum absolute atomic E-state index is 11.7. The third-order valence-electron chi connectivity index (χ3n) is 2.93. The first-order valence-electron chi connectivity index (χ1n) is 5.46. The van der Waals surface area contributed by atoms with Crippen molar-refractivity contribution in [1.29, 1.82) is 0 Å². The van der Waals surface area contributed by atoms with Gasteiger partial charge >= 0.3 is 0 Å². The average Bonchev–Trinajstić information content (AvgIpc) is 2.72. The average molecular weight is 212 g/mol. The van der Waals surface area contributed by atoms with Gasteiger partial charge in [0, 0.05) is 12.6 Å². The number of rotatable bonds is 5. The fourth-order valence-electron chi connectivity index (χ4n) is 2.03. The van der Waals surface area contributed by atoms with Crippen LogP contribution in [0.4, 0.5) is 0 Å². The molecule has 1 unspecified atom stereocenters. The Labute approximate surface area is 91.0 Å². The normalized spacial score (nSPS) is 23.7. The lowest BCUT2D eigenvalue weighted by Crippen LogP contribution is -2.48. The van der Waals surface area contributed by atoms with Crippen molar-refractivity contribution >= 4 is 5.91 Å². The molecule has 0 aliphatic carbocycles. The van der Waals surface area contributed by atoms with E-state index in [1.54, 1.807) is 6.08 Å². The van der Waals surface area contributed by atoms with Crippen LogP contribution in [-0.2, 0) is 4.79 Å². The highest BCUT2D eigenvalue weighted by Gasteiger charge is 2.31. The lowest BCUT2D eigenvalue weighted by Gasteiger charge is -2.28. The summed E-state index contributed by atoms with van der Waals surface area (Å²) in [6.45, 7) is 6.97. The fraction of sp³-hybridized carbons (Fsp3) is 0.727. The smallest absolute Gasteiger partial charge is 0.237 e. The van der Waals surface area contributed by atoms with Crippen molar-refractivity contribution in [2.75, 3.05) is 19.7 Å². The second kappa shape index (κ2) is 5.88. The van der Waals surface area contributed by atoms with Crippen molar-refractivity contribution in [1.82, 2.24) is 10.2 Å². The molecule has 0 spiro atoms. The number of aliphatic hydroxyl groups excluding tert-OH is 1. The quantitative estimate of drug-likeness (QED) is 0.637. The predicted molar refractivity (Wildman–Crippen MR) is 59.5 cm³/mol. The minimum absolute atomic E-state index is 0.00949. The number of nitrogens with zero attached hydrogens (tertiary/aromatic N) is 1. The Morgan fingerprint density at radius 2 is 2.53 bits per heavy atom. The fourth-order valence-corrected chi connectivity index (χ4v) is 2.03. The second-order valence-corrected chi connectivity index (χ2v) is 3.93. The molecule has 1 amide bonds. The van der Waals surface area contributed by atoms with Crippen LogP contribution in [0.5, 0.6) is 0 Å². The van der Waals surface area contributed by atoms with Crippen molar-refractivity contribution in [2.24, 2.45) is 0 Å². The van der Waals surface area contributed by atoms with Crippen LogP contribution in [0.3, 0.4) is 0 Å². The van der Waals surface area contributed by atoms with Crippen LogP contribution in [0.1, 0.15) is 19.8 Å². The van der Waals surface area contributed by atoms with Crippen LogP contribution in [0.15, 0.2) is 12.7 Å². The summed E-state index contributed by atoms with van der Waals surface area (Å²) in [6, 6.07) is -0.0147. The van der Waals surface area contributed by atoms with E-state index >= 15 is 0 Å². The molecule has 4 nitrogen and oxygen atoms in total. The van der Waals surface area contributed by atoms with Crippen LogP contribution >= 0.6 is 0 Å². The molecular formula is C11H20N2O2. The summed E-state index contributed by atoms with van der Waals surface area (Å²) in [5.74, 6) is 0.00949. The summed E-state index contributed by atoms with van der Waals surface area (Å²) in [7, 11) is 0. The highest BCUT2D eigenvalue weighted by Crippen LogP contribution is 2.19. The second-order valence-electron chi connectivity index (χ2n) is 3.93. The van der Waals surface area contributed by atoms with Crippen molar-refractivity contribution in [2.45, 2.75) is 31.8 Å². The topological polar surface area (TPSA) is 52.6 Å². The Hall–Kier alpha value is -0.870. The van der Waals surface area contributed by atoms with Gasteiger partial charge in [-0.15, -0.1) is 6.58 Å². The van der Waals surface area contributed by atoms with E-state index in [1.165, 1.54) is 0 Å². The van der Waals surface area contributed by atoms with Gasteiger partial charge in [0.1, 0.15) is 0 Å². The molecule has 1 aliphatic heterocycles. The van der Waals surface area contributed by atoms with E-state index in [0.29, 0.717) is 6.54 Å². The minimum atomic E-state index is -0.162. The van der Waals surface area contributed by atoms with Crippen LogP contribution in [0, 0.1) is 0 Å². The third kappa shape index (κ3) is 3.04. The van der Waals surface area contributed by atoms with Gasteiger partial charge in [0.2, 0.25) is 5.91 Å². The molecule has 0 saturated carbocycles. The molecule has 1 heterocycles. The molecule has 0 bridgehead atoms. The first kappa shape index (κ1) is 12.2. The summed E-state index contributed by atoms with van der Waals surface area (Å²) in [5, 5.41) is 11.9. The summed E-state index contributed by atoms with van der Waals surface area (Å²) in [6.07, 6.45) is 3.71. The van der Waals surface area contributed by atoms with E-state index in [0.717, 1.165) is 19.4 Å². The number of aliphatic hydroxyl groups is 1. The van der Waals surface area contributed by atoms with Gasteiger partial charge < -0.3 is 10.4 Å². The van der Waals surface area contributed by atoms with Gasteiger partial charge in [0.15, 0.2) is 0 Å². The van der Waals surface area contributed by atoms with Crippen LogP contribution in [0.25, 0.3) is 0 Å². The molecule has 2 N–H and O–H groups in total. The molecule has 1 aliphatic rings. The molecule has 0 aromatic heterocycles. The van der Waals surface area contributed by atoms with Gasteiger partial charge in [-0.2, -0.15) is 0 Å². The first-order valence-corrected chi connectivity index (χ1v) is 5.46. The Morgan fingerprint density at radius 3 is 3.13 bits per heavy atom. The van der Waals surface area contributed by atoms with E-state index in [-0.39, 0.29) is 24.6 Å². The Balaban J connectivity index is 2.47. The molecule has 0 radical (unpaired) electrons. The number of hydrogen-bond acceptors (Lipinski definition) is 3. The molecule has 0 aromatic carbocycles. The Kier molecular flexibility index (Phi) is 4.78. The van der Waals surface area contributed by atoms with Crippen molar-refractivity contribution in [3.8, 4) is 0 Å². The van der Waals surface area contributed by atoms with E-state index in [4.69, 9.17) is 5.11 Å². The highest BCUT2D eigenvalue weighted by molar-refractivity contribution is 5.81. The number of amides is 1. The number of nitrogens with one attached hydrogen (secondary N) is 1. The lowest BCUT2D eigenvalue weighted by molar-refractivity contribution is -0.126. The molecule has 4 heteroatoms. The molecular weight excluding hydrogens is 192 g/mol. The van der Waals surface area contributed by atoms with E-state index in [9.17, 15) is 4.79 Å². The molecule has 2 atom stereocenters. The van der Waals surface area contributed by atoms with E-state index < -0.39 is 0 Å². The van der Waals surface area contributed by atoms with Gasteiger partial charge in [0.25, 0.3) is 0 Å². The summed E-state index contributed by atoms with van der Waals surface area (Å²) >= 11 is 0. The maximum atomic E-state index is 11.7. The molecule has 15 heavy (non-hydrogen) atoms. The zero-order valence-electron chi connectivity index (χ0n) is 9.28. The lowest BCUT2D eigenvalue weighted by atomic mass is 10.2. The largest absolute Gasteiger partial charge is 0.395 e. The van der Waals surface area contributed by atoms with E-state index in [2.05, 4.69) is 16.8 Å². The summed E-state index contributed by atoms with van der Waals surface area (Å²) in [5.41, 5.74) is 0. The van der Waals surface area contributed by atoms with Crippen LogP contribution < -0.4 is 5.32 Å². The zero-order chi connectivity index (χ0) is 11.3. The Bertz CT molecular complexity index is 231. The van der Waals surface area contributed by atoms with Gasteiger partial charge in [-0.25, -0.2) is 0 Å².